The van der Waals surface area contributed by atoms with E-state index in [1.54, 1.807) is 12.1 Å². The van der Waals surface area contributed by atoms with Gasteiger partial charge in [-0.05, 0) is 35.7 Å². The molecule has 0 saturated carbocycles. The Kier molecular flexibility index (Phi) is 5.48. The lowest BCUT2D eigenvalue weighted by atomic mass is 10.2. The fourth-order valence-electron chi connectivity index (χ4n) is 2.78. The van der Waals surface area contributed by atoms with Crippen molar-refractivity contribution in [3.63, 3.8) is 0 Å². The van der Waals surface area contributed by atoms with Crippen molar-refractivity contribution in [3.8, 4) is 5.75 Å². The Morgan fingerprint density at radius 3 is 2.48 bits per heavy atom. The topological polar surface area (TPSA) is 48.0 Å². The summed E-state index contributed by atoms with van der Waals surface area (Å²) in [6.07, 6.45) is -0.936. The number of rotatable bonds is 5. The van der Waals surface area contributed by atoms with Crippen LogP contribution < -0.4 is 4.74 Å². The van der Waals surface area contributed by atoms with Crippen molar-refractivity contribution >= 4 is 17.2 Å². The van der Waals surface area contributed by atoms with Crippen molar-refractivity contribution < 1.29 is 19.1 Å². The van der Waals surface area contributed by atoms with E-state index in [2.05, 4.69) is 0 Å². The molecule has 2 aromatic carbocycles. The standard InChI is InChI=1S/C21H19NO4S/c23-20(16-8-3-1-4-9-16)22-14-18(15-24-17-10-5-2-6-11-17)25-21(26-22)19-12-7-13-27-19/h1-13,18,21H,14-15H2/t18-,21-/m0/s1. The van der Waals surface area contributed by atoms with Crippen LogP contribution in [-0.4, -0.2) is 30.2 Å². The molecule has 1 aliphatic heterocycles. The highest BCUT2D eigenvalue weighted by Gasteiger charge is 2.34. The summed E-state index contributed by atoms with van der Waals surface area (Å²) in [4.78, 5) is 19.6. The van der Waals surface area contributed by atoms with Crippen molar-refractivity contribution in [1.29, 1.82) is 0 Å². The van der Waals surface area contributed by atoms with Gasteiger partial charge in [-0.2, -0.15) is 0 Å². The molecule has 138 valence electrons. The fraction of sp³-hybridized carbons (Fsp3) is 0.190. The van der Waals surface area contributed by atoms with Crippen molar-refractivity contribution in [3.05, 3.63) is 88.6 Å². The summed E-state index contributed by atoms with van der Waals surface area (Å²) >= 11 is 1.53. The zero-order chi connectivity index (χ0) is 18.5. The molecule has 27 heavy (non-hydrogen) atoms. The second-order valence-electron chi connectivity index (χ2n) is 6.07. The Morgan fingerprint density at radius 2 is 1.78 bits per heavy atom. The molecule has 1 amide bonds. The summed E-state index contributed by atoms with van der Waals surface area (Å²) in [6.45, 7) is 0.621. The minimum absolute atomic E-state index is 0.190. The number of nitrogens with zero attached hydrogens (tertiary/aromatic N) is 1. The third kappa shape index (κ3) is 4.36. The molecule has 0 aliphatic carbocycles. The van der Waals surface area contributed by atoms with Crippen LogP contribution >= 0.6 is 11.3 Å². The first-order valence-electron chi connectivity index (χ1n) is 8.70. The number of ether oxygens (including phenoxy) is 2. The number of thiophene rings is 1. The Bertz CT molecular complexity index is 854. The Labute approximate surface area is 161 Å². The largest absolute Gasteiger partial charge is 0.491 e. The van der Waals surface area contributed by atoms with E-state index in [4.69, 9.17) is 14.3 Å². The van der Waals surface area contributed by atoms with Crippen molar-refractivity contribution in [1.82, 2.24) is 5.06 Å². The highest BCUT2D eigenvalue weighted by atomic mass is 32.1. The molecule has 1 saturated heterocycles. The van der Waals surface area contributed by atoms with Gasteiger partial charge >= 0.3 is 0 Å². The number of hydrogen-bond donors (Lipinski definition) is 0. The molecule has 1 aromatic heterocycles. The predicted octanol–water partition coefficient (Wildman–Crippen LogP) is 4.30. The van der Waals surface area contributed by atoms with Gasteiger partial charge in [0, 0.05) is 5.56 Å². The number of carbonyl (C=O) groups is 1. The number of carbonyl (C=O) groups excluding carboxylic acids is 1. The van der Waals surface area contributed by atoms with E-state index in [9.17, 15) is 4.79 Å². The van der Waals surface area contributed by atoms with Crippen LogP contribution in [0, 0.1) is 0 Å². The molecule has 4 rings (SSSR count). The van der Waals surface area contributed by atoms with Crippen LogP contribution in [0.3, 0.4) is 0 Å². The molecule has 6 heteroatoms. The van der Waals surface area contributed by atoms with Crippen LogP contribution in [0.2, 0.25) is 0 Å². The number of para-hydroxylation sites is 1. The zero-order valence-corrected chi connectivity index (χ0v) is 15.4. The first-order chi connectivity index (χ1) is 13.3. The maximum Gasteiger partial charge on any atom is 0.277 e. The molecular formula is C21H19NO4S. The van der Waals surface area contributed by atoms with Crippen LogP contribution in [0.4, 0.5) is 0 Å². The van der Waals surface area contributed by atoms with Gasteiger partial charge in [0.1, 0.15) is 18.5 Å². The summed E-state index contributed by atoms with van der Waals surface area (Å²) < 4.78 is 11.9. The summed E-state index contributed by atoms with van der Waals surface area (Å²) in [5.41, 5.74) is 0.576. The number of hydroxylamine groups is 2. The fourth-order valence-corrected chi connectivity index (χ4v) is 3.47. The summed E-state index contributed by atoms with van der Waals surface area (Å²) in [5, 5.41) is 3.33. The Balaban J connectivity index is 1.50. The quantitative estimate of drug-likeness (QED) is 0.661. The first-order valence-corrected chi connectivity index (χ1v) is 9.58. The maximum atomic E-state index is 12.8. The van der Waals surface area contributed by atoms with Crippen molar-refractivity contribution in [2.75, 3.05) is 13.2 Å². The van der Waals surface area contributed by atoms with E-state index >= 15 is 0 Å². The molecule has 0 spiro atoms. The molecule has 0 N–H and O–H groups in total. The molecule has 2 heterocycles. The predicted molar refractivity (Wildman–Crippen MR) is 102 cm³/mol. The van der Waals surface area contributed by atoms with Crippen LogP contribution in [0.15, 0.2) is 78.2 Å². The molecule has 0 bridgehead atoms. The maximum absolute atomic E-state index is 12.8. The normalized spacial score (nSPS) is 19.6. The lowest BCUT2D eigenvalue weighted by Gasteiger charge is -2.36. The minimum Gasteiger partial charge on any atom is -0.491 e. The van der Waals surface area contributed by atoms with Gasteiger partial charge in [-0.1, -0.05) is 42.5 Å². The van der Waals surface area contributed by atoms with Gasteiger partial charge in [-0.15, -0.1) is 11.3 Å². The summed E-state index contributed by atoms with van der Waals surface area (Å²) in [6, 6.07) is 22.5. The lowest BCUT2D eigenvalue weighted by Crippen LogP contribution is -2.47. The van der Waals surface area contributed by atoms with E-state index in [0.29, 0.717) is 18.7 Å². The van der Waals surface area contributed by atoms with Gasteiger partial charge in [-0.3, -0.25) is 4.79 Å². The second kappa shape index (κ2) is 8.35. The second-order valence-corrected chi connectivity index (χ2v) is 7.05. The van der Waals surface area contributed by atoms with Gasteiger partial charge in [0.2, 0.25) is 6.29 Å². The summed E-state index contributed by atoms with van der Waals surface area (Å²) in [5.74, 6) is 0.575. The first kappa shape index (κ1) is 17.7. The Hall–Kier alpha value is -2.67. The van der Waals surface area contributed by atoms with Gasteiger partial charge in [0.25, 0.3) is 5.91 Å². The smallest absolute Gasteiger partial charge is 0.277 e. The van der Waals surface area contributed by atoms with Gasteiger partial charge in [0.15, 0.2) is 0 Å². The number of amides is 1. The van der Waals surface area contributed by atoms with Gasteiger partial charge in [0.05, 0.1) is 11.4 Å². The van der Waals surface area contributed by atoms with Gasteiger partial charge < -0.3 is 9.47 Å². The van der Waals surface area contributed by atoms with Crippen LogP contribution in [0.25, 0.3) is 0 Å². The highest BCUT2D eigenvalue weighted by molar-refractivity contribution is 7.10. The minimum atomic E-state index is -0.629. The van der Waals surface area contributed by atoms with E-state index < -0.39 is 6.29 Å². The van der Waals surface area contributed by atoms with Crippen molar-refractivity contribution in [2.45, 2.75) is 12.4 Å². The van der Waals surface area contributed by atoms with Crippen LogP contribution in [0.1, 0.15) is 21.5 Å². The molecule has 3 aromatic rings. The zero-order valence-electron chi connectivity index (χ0n) is 14.6. The molecule has 0 radical (unpaired) electrons. The van der Waals surface area contributed by atoms with E-state index in [0.717, 1.165) is 10.6 Å². The lowest BCUT2D eigenvalue weighted by molar-refractivity contribution is -0.324. The molecule has 1 aliphatic rings. The molecular weight excluding hydrogens is 362 g/mol. The Morgan fingerprint density at radius 1 is 1.04 bits per heavy atom. The van der Waals surface area contributed by atoms with E-state index in [-0.39, 0.29) is 12.0 Å². The number of hydrogen-bond acceptors (Lipinski definition) is 5. The monoisotopic (exact) mass is 381 g/mol. The highest BCUT2D eigenvalue weighted by Crippen LogP contribution is 2.30. The molecule has 0 unspecified atom stereocenters. The third-order valence-electron chi connectivity index (χ3n) is 4.11. The van der Waals surface area contributed by atoms with Crippen molar-refractivity contribution in [2.24, 2.45) is 0 Å². The molecule has 5 nitrogen and oxygen atoms in total. The van der Waals surface area contributed by atoms with Crippen LogP contribution in [0.5, 0.6) is 5.75 Å². The molecule has 2 atom stereocenters. The summed E-state index contributed by atoms with van der Waals surface area (Å²) in [7, 11) is 0. The molecule has 1 fully saturated rings. The van der Waals surface area contributed by atoms with E-state index in [1.807, 2.05) is 66.0 Å². The van der Waals surface area contributed by atoms with Crippen LogP contribution in [-0.2, 0) is 9.57 Å². The van der Waals surface area contributed by atoms with E-state index in [1.165, 1.54) is 16.4 Å². The SMILES string of the molecule is O=C(c1ccccc1)N1C[C@@H](COc2ccccc2)O[C@H](c2cccs2)O1. The third-order valence-corrected chi connectivity index (χ3v) is 5.00. The average Bonchev–Trinajstić information content (AvgIpc) is 3.28. The number of benzene rings is 2. The average molecular weight is 381 g/mol. The van der Waals surface area contributed by atoms with Gasteiger partial charge in [-0.25, -0.2) is 9.90 Å².